The molecule has 0 aliphatic carbocycles. The molecule has 0 amide bonds. The van der Waals surface area contributed by atoms with Gasteiger partial charge >= 0.3 is 5.97 Å². The summed E-state index contributed by atoms with van der Waals surface area (Å²) in [4.78, 5) is 23.9. The van der Waals surface area contributed by atoms with Crippen LogP contribution in [0.3, 0.4) is 0 Å². The third kappa shape index (κ3) is 3.97. The maximum absolute atomic E-state index is 12.3. The van der Waals surface area contributed by atoms with E-state index in [4.69, 9.17) is 9.47 Å². The molecule has 23 heavy (non-hydrogen) atoms. The van der Waals surface area contributed by atoms with Crippen molar-refractivity contribution >= 4 is 12.3 Å². The predicted octanol–water partition coefficient (Wildman–Crippen LogP) is 4.13. The van der Waals surface area contributed by atoms with E-state index in [1.807, 2.05) is 24.3 Å². The van der Waals surface area contributed by atoms with Crippen LogP contribution in [0.1, 0.15) is 41.5 Å². The lowest BCUT2D eigenvalue weighted by molar-refractivity contribution is 0.00683. The highest BCUT2D eigenvalue weighted by molar-refractivity contribution is 6.02. The summed E-state index contributed by atoms with van der Waals surface area (Å²) in [6, 6.07) is 12.5. The number of benzene rings is 2. The Balaban J connectivity index is 2.47. The van der Waals surface area contributed by atoms with Gasteiger partial charge in [0.1, 0.15) is 11.4 Å². The predicted molar refractivity (Wildman–Crippen MR) is 89.0 cm³/mol. The Morgan fingerprint density at radius 1 is 1.04 bits per heavy atom. The van der Waals surface area contributed by atoms with E-state index in [1.54, 1.807) is 46.1 Å². The molecule has 0 spiro atoms. The summed E-state index contributed by atoms with van der Waals surface area (Å²) in [6.07, 6.45) is 0.693. The van der Waals surface area contributed by atoms with Gasteiger partial charge in [0.05, 0.1) is 12.7 Å². The molecule has 2 rings (SSSR count). The minimum atomic E-state index is -0.618. The van der Waals surface area contributed by atoms with E-state index in [0.29, 0.717) is 17.4 Å². The van der Waals surface area contributed by atoms with Crippen molar-refractivity contribution in [3.63, 3.8) is 0 Å². The molecule has 4 nitrogen and oxygen atoms in total. The monoisotopic (exact) mass is 312 g/mol. The van der Waals surface area contributed by atoms with Gasteiger partial charge in [-0.25, -0.2) is 4.79 Å². The molecule has 0 atom stereocenters. The molecule has 4 heteroatoms. The molecular weight excluding hydrogens is 292 g/mol. The summed E-state index contributed by atoms with van der Waals surface area (Å²) in [5.74, 6) is 0.222. The van der Waals surface area contributed by atoms with Crippen LogP contribution in [-0.4, -0.2) is 25.0 Å². The first-order valence-electron chi connectivity index (χ1n) is 7.31. The summed E-state index contributed by atoms with van der Waals surface area (Å²) in [5.41, 5.74) is 1.49. The zero-order valence-corrected chi connectivity index (χ0v) is 13.8. The fourth-order valence-electron chi connectivity index (χ4n) is 2.23. The number of esters is 1. The first-order chi connectivity index (χ1) is 10.9. The average molecular weight is 312 g/mol. The minimum absolute atomic E-state index is 0.267. The number of hydrogen-bond acceptors (Lipinski definition) is 4. The lowest BCUT2D eigenvalue weighted by Crippen LogP contribution is -2.24. The third-order valence-corrected chi connectivity index (χ3v) is 3.24. The summed E-state index contributed by atoms with van der Waals surface area (Å²) in [7, 11) is 1.59. The van der Waals surface area contributed by atoms with Gasteiger partial charge in [0, 0.05) is 5.56 Å². The van der Waals surface area contributed by atoms with E-state index in [-0.39, 0.29) is 5.56 Å². The van der Waals surface area contributed by atoms with Gasteiger partial charge in [0.25, 0.3) is 0 Å². The van der Waals surface area contributed by atoms with Gasteiger partial charge in [0.2, 0.25) is 0 Å². The van der Waals surface area contributed by atoms with Crippen LogP contribution in [0.5, 0.6) is 5.75 Å². The van der Waals surface area contributed by atoms with E-state index >= 15 is 0 Å². The molecule has 120 valence electrons. The van der Waals surface area contributed by atoms with Crippen molar-refractivity contribution in [3.05, 3.63) is 53.6 Å². The van der Waals surface area contributed by atoms with Crippen LogP contribution in [0.4, 0.5) is 0 Å². The van der Waals surface area contributed by atoms with Crippen molar-refractivity contribution < 1.29 is 19.1 Å². The molecule has 0 fully saturated rings. The molecule has 0 unspecified atom stereocenters. The summed E-state index contributed by atoms with van der Waals surface area (Å²) < 4.78 is 10.5. The average Bonchev–Trinajstić information content (AvgIpc) is 2.52. The fourth-order valence-corrected chi connectivity index (χ4v) is 2.23. The van der Waals surface area contributed by atoms with Gasteiger partial charge in [-0.15, -0.1) is 0 Å². The summed E-state index contributed by atoms with van der Waals surface area (Å²) in [6.45, 7) is 5.37. The van der Waals surface area contributed by atoms with Crippen molar-refractivity contribution in [2.45, 2.75) is 26.4 Å². The van der Waals surface area contributed by atoms with Gasteiger partial charge in [-0.05, 0) is 50.1 Å². The van der Waals surface area contributed by atoms with Gasteiger partial charge in [-0.2, -0.15) is 0 Å². The maximum Gasteiger partial charge on any atom is 0.339 e. The van der Waals surface area contributed by atoms with Crippen LogP contribution in [0, 0.1) is 0 Å². The zero-order chi connectivity index (χ0) is 17.0. The van der Waals surface area contributed by atoms with Crippen molar-refractivity contribution in [1.82, 2.24) is 0 Å². The van der Waals surface area contributed by atoms with Gasteiger partial charge in [0.15, 0.2) is 6.29 Å². The van der Waals surface area contributed by atoms with E-state index in [2.05, 4.69) is 0 Å². The second kappa shape index (κ2) is 6.65. The zero-order valence-electron chi connectivity index (χ0n) is 13.8. The number of aldehydes is 1. The van der Waals surface area contributed by atoms with Crippen LogP contribution in [0.15, 0.2) is 42.5 Å². The van der Waals surface area contributed by atoms with Gasteiger partial charge < -0.3 is 9.47 Å². The molecule has 0 bridgehead atoms. The Kier molecular flexibility index (Phi) is 4.84. The van der Waals surface area contributed by atoms with Gasteiger partial charge in [-0.1, -0.05) is 24.3 Å². The Morgan fingerprint density at radius 2 is 1.70 bits per heavy atom. The molecule has 0 radical (unpaired) electrons. The molecule has 0 aliphatic heterocycles. The van der Waals surface area contributed by atoms with Crippen molar-refractivity contribution in [3.8, 4) is 16.9 Å². The van der Waals surface area contributed by atoms with E-state index in [9.17, 15) is 9.59 Å². The van der Waals surface area contributed by atoms with E-state index in [1.165, 1.54) is 0 Å². The number of methoxy groups -OCH3 is 1. The summed E-state index contributed by atoms with van der Waals surface area (Å²) in [5, 5.41) is 0. The number of ether oxygens (including phenoxy) is 2. The largest absolute Gasteiger partial charge is 0.497 e. The molecule has 2 aromatic carbocycles. The number of carbonyl (C=O) groups is 2. The quantitative estimate of drug-likeness (QED) is 0.629. The number of hydrogen-bond donors (Lipinski definition) is 0. The Bertz CT molecular complexity index is 709. The smallest absolute Gasteiger partial charge is 0.339 e. The Morgan fingerprint density at radius 3 is 2.22 bits per heavy atom. The molecule has 0 N–H and O–H groups in total. The van der Waals surface area contributed by atoms with Gasteiger partial charge in [-0.3, -0.25) is 4.79 Å². The maximum atomic E-state index is 12.3. The summed E-state index contributed by atoms with van der Waals surface area (Å²) >= 11 is 0. The number of rotatable bonds is 4. The molecule has 0 saturated heterocycles. The number of carbonyl (C=O) groups excluding carboxylic acids is 2. The molecule has 0 aliphatic rings. The molecule has 0 saturated carbocycles. The highest BCUT2D eigenvalue weighted by Crippen LogP contribution is 2.28. The van der Waals surface area contributed by atoms with Crippen LogP contribution >= 0.6 is 0 Å². The second-order valence-corrected chi connectivity index (χ2v) is 6.12. The SMILES string of the molecule is COc1ccc(-c2cccc(C(=O)OC(C)(C)C)c2C=O)cc1. The van der Waals surface area contributed by atoms with Crippen molar-refractivity contribution in [1.29, 1.82) is 0 Å². The van der Waals surface area contributed by atoms with E-state index in [0.717, 1.165) is 11.3 Å². The van der Waals surface area contributed by atoms with Crippen molar-refractivity contribution in [2.75, 3.05) is 7.11 Å². The standard InChI is InChI=1S/C19H20O4/c1-19(2,3)23-18(21)16-7-5-6-15(17(16)12-20)13-8-10-14(22-4)11-9-13/h5-12H,1-4H3. The van der Waals surface area contributed by atoms with Crippen LogP contribution < -0.4 is 4.74 Å². The molecular formula is C19H20O4. The highest BCUT2D eigenvalue weighted by Gasteiger charge is 2.22. The third-order valence-electron chi connectivity index (χ3n) is 3.24. The lowest BCUT2D eigenvalue weighted by Gasteiger charge is -2.20. The van der Waals surface area contributed by atoms with Crippen LogP contribution in [-0.2, 0) is 4.74 Å². The molecule has 0 heterocycles. The second-order valence-electron chi connectivity index (χ2n) is 6.12. The Hall–Kier alpha value is -2.62. The molecule has 2 aromatic rings. The minimum Gasteiger partial charge on any atom is -0.497 e. The topological polar surface area (TPSA) is 52.6 Å². The van der Waals surface area contributed by atoms with Crippen LogP contribution in [0.2, 0.25) is 0 Å². The Labute approximate surface area is 136 Å². The normalized spacial score (nSPS) is 11.0. The highest BCUT2D eigenvalue weighted by atomic mass is 16.6. The molecule has 0 aromatic heterocycles. The first-order valence-corrected chi connectivity index (χ1v) is 7.31. The fraction of sp³-hybridized carbons (Fsp3) is 0.263. The lowest BCUT2D eigenvalue weighted by atomic mass is 9.96. The first kappa shape index (κ1) is 16.7. The van der Waals surface area contributed by atoms with Crippen molar-refractivity contribution in [2.24, 2.45) is 0 Å². The van der Waals surface area contributed by atoms with E-state index < -0.39 is 11.6 Å². The van der Waals surface area contributed by atoms with Crippen LogP contribution in [0.25, 0.3) is 11.1 Å².